The molecular formula is C12H12F2N2O4. The number of nitrogens with two attached hydrogens (primary N) is 1. The van der Waals surface area contributed by atoms with Crippen LogP contribution in [0.25, 0.3) is 0 Å². The predicted octanol–water partition coefficient (Wildman–Crippen LogP) is 0.413. The van der Waals surface area contributed by atoms with Crippen LogP contribution in [0, 0.1) is 11.6 Å². The maximum Gasteiger partial charge on any atom is 0.326 e. The van der Waals surface area contributed by atoms with Crippen molar-refractivity contribution in [2.24, 2.45) is 5.73 Å². The van der Waals surface area contributed by atoms with Gasteiger partial charge >= 0.3 is 5.97 Å². The molecule has 6 nitrogen and oxygen atoms in total. The first-order chi connectivity index (χ1) is 9.31. The van der Waals surface area contributed by atoms with E-state index < -0.39 is 41.0 Å². The molecule has 0 saturated carbocycles. The molecular weight excluding hydrogens is 274 g/mol. The fraction of sp³-hybridized carbons (Fsp3) is 0.250. The zero-order valence-corrected chi connectivity index (χ0v) is 10.2. The van der Waals surface area contributed by atoms with Crippen molar-refractivity contribution in [3.63, 3.8) is 0 Å². The molecule has 1 rings (SSSR count). The highest BCUT2D eigenvalue weighted by Crippen LogP contribution is 2.10. The topological polar surface area (TPSA) is 109 Å². The summed E-state index contributed by atoms with van der Waals surface area (Å²) < 4.78 is 26.3. The summed E-state index contributed by atoms with van der Waals surface area (Å²) in [5, 5.41) is 10.9. The lowest BCUT2D eigenvalue weighted by molar-refractivity contribution is -0.139. The van der Waals surface area contributed by atoms with Gasteiger partial charge in [0, 0.05) is 6.42 Å². The Bertz CT molecular complexity index is 548. The molecule has 1 aromatic rings. The summed E-state index contributed by atoms with van der Waals surface area (Å²) in [6.07, 6.45) is -0.504. The summed E-state index contributed by atoms with van der Waals surface area (Å²) in [7, 11) is 0. The first-order valence-corrected chi connectivity index (χ1v) is 5.58. The Hall–Kier alpha value is -2.51. The second-order valence-electron chi connectivity index (χ2n) is 3.99. The minimum Gasteiger partial charge on any atom is -0.480 e. The first kappa shape index (κ1) is 15.5. The number of halogens is 2. The van der Waals surface area contributed by atoms with Gasteiger partial charge in [-0.25, -0.2) is 13.6 Å². The van der Waals surface area contributed by atoms with Gasteiger partial charge in [-0.2, -0.15) is 0 Å². The van der Waals surface area contributed by atoms with E-state index in [9.17, 15) is 23.2 Å². The van der Waals surface area contributed by atoms with Crippen LogP contribution in [-0.4, -0.2) is 28.9 Å². The molecule has 0 aromatic heterocycles. The van der Waals surface area contributed by atoms with Crippen molar-refractivity contribution in [1.29, 1.82) is 0 Å². The minimum absolute atomic E-state index is 0.243. The van der Waals surface area contributed by atoms with Crippen LogP contribution in [0.1, 0.15) is 23.2 Å². The number of carboxylic acid groups (broad SMARTS) is 1. The molecule has 0 heterocycles. The summed E-state index contributed by atoms with van der Waals surface area (Å²) in [6.45, 7) is 0. The van der Waals surface area contributed by atoms with E-state index in [1.165, 1.54) is 0 Å². The molecule has 1 atom stereocenters. The molecule has 8 heteroatoms. The Labute approximate surface area is 112 Å². The summed E-state index contributed by atoms with van der Waals surface area (Å²) in [5.41, 5.74) is 4.26. The quantitative estimate of drug-likeness (QED) is 0.703. The van der Waals surface area contributed by atoms with E-state index >= 15 is 0 Å². The number of hydrogen-bond acceptors (Lipinski definition) is 3. The Balaban J connectivity index is 2.82. The van der Waals surface area contributed by atoms with Crippen LogP contribution in [0.5, 0.6) is 0 Å². The van der Waals surface area contributed by atoms with E-state index in [0.717, 1.165) is 12.1 Å². The van der Waals surface area contributed by atoms with Crippen LogP contribution in [0.3, 0.4) is 0 Å². The van der Waals surface area contributed by atoms with Gasteiger partial charge in [0.2, 0.25) is 5.91 Å². The maximum atomic E-state index is 13.3. The predicted molar refractivity (Wildman–Crippen MR) is 63.7 cm³/mol. The second kappa shape index (κ2) is 6.60. The van der Waals surface area contributed by atoms with E-state index in [1.54, 1.807) is 0 Å². The highest BCUT2D eigenvalue weighted by molar-refractivity contribution is 5.96. The van der Waals surface area contributed by atoms with Gasteiger partial charge in [0.05, 0.1) is 5.56 Å². The average Bonchev–Trinajstić information content (AvgIpc) is 2.36. The highest BCUT2D eigenvalue weighted by atomic mass is 19.1. The number of carbonyl (C=O) groups is 3. The molecule has 20 heavy (non-hydrogen) atoms. The van der Waals surface area contributed by atoms with Gasteiger partial charge in [-0.05, 0) is 24.6 Å². The average molecular weight is 286 g/mol. The first-order valence-electron chi connectivity index (χ1n) is 5.58. The number of benzene rings is 1. The van der Waals surface area contributed by atoms with Gasteiger partial charge in [0.15, 0.2) is 0 Å². The number of rotatable bonds is 6. The molecule has 0 bridgehead atoms. The standard InChI is InChI=1S/C12H12F2N2O4/c13-6-1-2-8(14)7(5-6)11(18)16-9(12(19)20)3-4-10(15)17/h1-2,5,9H,3-4H2,(H2,15,17)(H,16,18)(H,19,20). The Morgan fingerprint density at radius 1 is 1.30 bits per heavy atom. The van der Waals surface area contributed by atoms with E-state index in [-0.39, 0.29) is 12.8 Å². The molecule has 0 saturated heterocycles. The van der Waals surface area contributed by atoms with Crippen LogP contribution in [0.2, 0.25) is 0 Å². The van der Waals surface area contributed by atoms with Crippen LogP contribution in [-0.2, 0) is 9.59 Å². The van der Waals surface area contributed by atoms with E-state index in [1.807, 2.05) is 5.32 Å². The number of primary amides is 1. The van der Waals surface area contributed by atoms with E-state index in [2.05, 4.69) is 0 Å². The fourth-order valence-corrected chi connectivity index (χ4v) is 1.45. The fourth-order valence-electron chi connectivity index (χ4n) is 1.45. The largest absolute Gasteiger partial charge is 0.480 e. The van der Waals surface area contributed by atoms with Crippen molar-refractivity contribution in [3.8, 4) is 0 Å². The van der Waals surface area contributed by atoms with Crippen molar-refractivity contribution < 1.29 is 28.3 Å². The number of nitrogens with one attached hydrogen (secondary N) is 1. The van der Waals surface area contributed by atoms with Crippen molar-refractivity contribution in [1.82, 2.24) is 5.32 Å². The van der Waals surface area contributed by atoms with Gasteiger partial charge in [0.25, 0.3) is 5.91 Å². The lowest BCUT2D eigenvalue weighted by Crippen LogP contribution is -2.41. The maximum absolute atomic E-state index is 13.3. The lowest BCUT2D eigenvalue weighted by Gasteiger charge is -2.14. The van der Waals surface area contributed by atoms with E-state index in [4.69, 9.17) is 10.8 Å². The Morgan fingerprint density at radius 3 is 2.50 bits per heavy atom. The number of amides is 2. The third kappa shape index (κ3) is 4.30. The van der Waals surface area contributed by atoms with Crippen molar-refractivity contribution in [2.75, 3.05) is 0 Å². The summed E-state index contributed by atoms with van der Waals surface area (Å²) in [5.74, 6) is -5.04. The van der Waals surface area contributed by atoms with Gasteiger partial charge < -0.3 is 16.2 Å². The van der Waals surface area contributed by atoms with Gasteiger partial charge in [-0.3, -0.25) is 9.59 Å². The number of carbonyl (C=O) groups excluding carboxylic acids is 2. The summed E-state index contributed by atoms with van der Waals surface area (Å²) in [4.78, 5) is 33.2. The van der Waals surface area contributed by atoms with Gasteiger partial charge in [-0.1, -0.05) is 0 Å². The number of carboxylic acids is 1. The zero-order chi connectivity index (χ0) is 15.3. The molecule has 0 aliphatic rings. The van der Waals surface area contributed by atoms with Crippen LogP contribution in [0.15, 0.2) is 18.2 Å². The third-order valence-corrected chi connectivity index (χ3v) is 2.46. The number of aliphatic carboxylic acids is 1. The Morgan fingerprint density at radius 2 is 1.95 bits per heavy atom. The van der Waals surface area contributed by atoms with Crippen LogP contribution in [0.4, 0.5) is 8.78 Å². The van der Waals surface area contributed by atoms with Gasteiger partial charge in [-0.15, -0.1) is 0 Å². The molecule has 0 aliphatic heterocycles. The van der Waals surface area contributed by atoms with Gasteiger partial charge in [0.1, 0.15) is 17.7 Å². The third-order valence-electron chi connectivity index (χ3n) is 2.46. The smallest absolute Gasteiger partial charge is 0.326 e. The summed E-state index contributed by atoms with van der Waals surface area (Å²) in [6, 6.07) is 0.812. The van der Waals surface area contributed by atoms with Crippen LogP contribution < -0.4 is 11.1 Å². The van der Waals surface area contributed by atoms with Crippen molar-refractivity contribution in [3.05, 3.63) is 35.4 Å². The molecule has 0 radical (unpaired) electrons. The number of hydrogen-bond donors (Lipinski definition) is 3. The van der Waals surface area contributed by atoms with E-state index in [0.29, 0.717) is 6.07 Å². The second-order valence-corrected chi connectivity index (χ2v) is 3.99. The SMILES string of the molecule is NC(=O)CCC(NC(=O)c1cc(F)ccc1F)C(=O)O. The Kier molecular flexibility index (Phi) is 5.13. The normalized spacial score (nSPS) is 11.7. The minimum atomic E-state index is -1.42. The van der Waals surface area contributed by atoms with Crippen molar-refractivity contribution in [2.45, 2.75) is 18.9 Å². The molecule has 1 unspecified atom stereocenters. The van der Waals surface area contributed by atoms with Crippen LogP contribution >= 0.6 is 0 Å². The van der Waals surface area contributed by atoms with Crippen molar-refractivity contribution >= 4 is 17.8 Å². The zero-order valence-electron chi connectivity index (χ0n) is 10.2. The molecule has 0 spiro atoms. The molecule has 1 aromatic carbocycles. The molecule has 108 valence electrons. The monoisotopic (exact) mass is 286 g/mol. The molecule has 4 N–H and O–H groups in total. The molecule has 0 aliphatic carbocycles. The lowest BCUT2D eigenvalue weighted by atomic mass is 10.1. The molecule has 0 fully saturated rings. The summed E-state index contributed by atoms with van der Waals surface area (Å²) >= 11 is 0. The highest BCUT2D eigenvalue weighted by Gasteiger charge is 2.23. The molecule has 2 amide bonds.